The lowest BCUT2D eigenvalue weighted by molar-refractivity contribution is -0.137. The standard InChI is InChI=1S/C28H27ClF5N5O3/c1-14(40)12-39-23(15(2)21-11-18(30)4-5-22(21)29)24(36-25(39)27(42)35-20-6-7-38(3)13-20)37-26(41)16-8-17(28(32,33)34)10-19(31)9-16/h4-5,8-11,15,20H,6-7,12-13H2,1-3H3,(H,35,42)(H,37,41)/t15-,20-/m0/s1. The maximum atomic E-state index is 14.2. The van der Waals surface area contributed by atoms with Crippen LogP contribution in [0.25, 0.3) is 0 Å². The topological polar surface area (TPSA) is 96.3 Å². The Kier molecular flexibility index (Phi) is 9.02. The molecule has 1 aromatic heterocycles. The van der Waals surface area contributed by atoms with Crippen molar-refractivity contribution in [1.29, 1.82) is 0 Å². The number of hydrogen-bond acceptors (Lipinski definition) is 5. The number of anilines is 1. The van der Waals surface area contributed by atoms with E-state index in [1.54, 1.807) is 6.92 Å². The third kappa shape index (κ3) is 6.96. The summed E-state index contributed by atoms with van der Waals surface area (Å²) in [6.07, 6.45) is -4.27. The lowest BCUT2D eigenvalue weighted by atomic mass is 9.96. The van der Waals surface area contributed by atoms with Crippen LogP contribution in [0.5, 0.6) is 0 Å². The molecule has 1 aliphatic rings. The predicted molar refractivity (Wildman–Crippen MR) is 145 cm³/mol. The van der Waals surface area contributed by atoms with Crippen molar-refractivity contribution in [1.82, 2.24) is 19.8 Å². The summed E-state index contributed by atoms with van der Waals surface area (Å²) in [4.78, 5) is 45.2. The summed E-state index contributed by atoms with van der Waals surface area (Å²) in [5.74, 6) is -5.57. The van der Waals surface area contributed by atoms with Crippen LogP contribution in [-0.4, -0.2) is 58.2 Å². The van der Waals surface area contributed by atoms with Crippen molar-refractivity contribution in [2.24, 2.45) is 0 Å². The highest BCUT2D eigenvalue weighted by Gasteiger charge is 2.34. The van der Waals surface area contributed by atoms with E-state index in [4.69, 9.17) is 11.6 Å². The first-order chi connectivity index (χ1) is 19.6. The lowest BCUT2D eigenvalue weighted by Crippen LogP contribution is -2.38. The highest BCUT2D eigenvalue weighted by atomic mass is 35.5. The molecule has 8 nitrogen and oxygen atoms in total. The maximum Gasteiger partial charge on any atom is 0.416 e. The molecule has 2 atom stereocenters. The molecule has 0 spiro atoms. The van der Waals surface area contributed by atoms with Gasteiger partial charge >= 0.3 is 6.18 Å². The first-order valence-electron chi connectivity index (χ1n) is 12.9. The fraction of sp³-hybridized carbons (Fsp3) is 0.357. The molecule has 0 unspecified atom stereocenters. The van der Waals surface area contributed by atoms with Crippen molar-refractivity contribution >= 4 is 35.0 Å². The summed E-state index contributed by atoms with van der Waals surface area (Å²) in [5, 5.41) is 5.35. The molecule has 2 amide bonds. The van der Waals surface area contributed by atoms with Gasteiger partial charge < -0.3 is 20.1 Å². The minimum atomic E-state index is -4.92. The van der Waals surface area contributed by atoms with E-state index in [1.165, 1.54) is 17.6 Å². The monoisotopic (exact) mass is 611 g/mol. The molecule has 42 heavy (non-hydrogen) atoms. The molecule has 0 bridgehead atoms. The van der Waals surface area contributed by atoms with Gasteiger partial charge in [-0.15, -0.1) is 0 Å². The summed E-state index contributed by atoms with van der Waals surface area (Å²) in [6, 6.07) is 4.70. The van der Waals surface area contributed by atoms with Crippen molar-refractivity contribution < 1.29 is 36.3 Å². The first kappa shape index (κ1) is 31.1. The van der Waals surface area contributed by atoms with Crippen LogP contribution in [0.2, 0.25) is 5.02 Å². The number of likely N-dealkylation sites (N-methyl/N-ethyl adjacent to an activating group) is 1. The number of alkyl halides is 3. The molecule has 2 aromatic carbocycles. The van der Waals surface area contributed by atoms with E-state index in [9.17, 15) is 36.3 Å². The summed E-state index contributed by atoms with van der Waals surface area (Å²) in [6.45, 7) is 3.76. The number of nitrogens with one attached hydrogen (secondary N) is 2. The number of halogens is 6. The first-order valence-corrected chi connectivity index (χ1v) is 13.2. The van der Waals surface area contributed by atoms with Crippen LogP contribution in [-0.2, 0) is 17.5 Å². The fourth-order valence-electron chi connectivity index (χ4n) is 4.91. The number of benzene rings is 2. The van der Waals surface area contributed by atoms with Crippen LogP contribution >= 0.6 is 11.6 Å². The van der Waals surface area contributed by atoms with Crippen molar-refractivity contribution in [3.05, 3.63) is 81.3 Å². The van der Waals surface area contributed by atoms with E-state index in [0.29, 0.717) is 25.1 Å². The molecule has 224 valence electrons. The SMILES string of the molecule is CC(=O)Cn1c(C(=O)N[C@H]2CCN(C)C2)nc(NC(=O)c2cc(F)cc(C(F)(F)F)c2)c1[C@@H](C)c1cc(F)ccc1Cl. The number of likely N-dealkylation sites (tertiary alicyclic amines) is 1. The third-order valence-corrected chi connectivity index (χ3v) is 7.22. The van der Waals surface area contributed by atoms with Gasteiger partial charge in [0.1, 0.15) is 17.4 Å². The molecule has 1 saturated heterocycles. The van der Waals surface area contributed by atoms with E-state index in [-0.39, 0.29) is 46.6 Å². The molecular weight excluding hydrogens is 585 g/mol. The molecule has 0 saturated carbocycles. The molecule has 1 aliphatic heterocycles. The number of carbonyl (C=O) groups excluding carboxylic acids is 3. The molecule has 3 aromatic rings. The van der Waals surface area contributed by atoms with Gasteiger partial charge in [0.2, 0.25) is 5.82 Å². The summed E-state index contributed by atoms with van der Waals surface area (Å²) < 4.78 is 69.4. The average Bonchev–Trinajstić information content (AvgIpc) is 3.46. The normalized spacial score (nSPS) is 16.4. The Morgan fingerprint density at radius 2 is 1.81 bits per heavy atom. The minimum absolute atomic E-state index is 0.0622. The van der Waals surface area contributed by atoms with Crippen LogP contribution in [0.4, 0.5) is 27.8 Å². The second-order valence-corrected chi connectivity index (χ2v) is 10.7. The summed E-state index contributed by atoms with van der Waals surface area (Å²) in [5.41, 5.74) is -1.75. The minimum Gasteiger partial charge on any atom is -0.345 e. The molecular formula is C28H27ClF5N5O3. The van der Waals surface area contributed by atoms with Crippen molar-refractivity contribution in [2.75, 3.05) is 25.5 Å². The molecule has 0 radical (unpaired) electrons. The number of aromatic nitrogens is 2. The van der Waals surface area contributed by atoms with Gasteiger partial charge in [-0.25, -0.2) is 13.8 Å². The summed E-state index contributed by atoms with van der Waals surface area (Å²) >= 11 is 6.34. The molecule has 14 heteroatoms. The number of ketones is 1. The number of imidazole rings is 1. The van der Waals surface area contributed by atoms with E-state index in [1.807, 2.05) is 11.9 Å². The number of Topliss-reactive ketones (excluding diaryl/α,β-unsaturated/α-hetero) is 1. The van der Waals surface area contributed by atoms with Crippen LogP contribution in [0.15, 0.2) is 36.4 Å². The number of rotatable bonds is 8. The Morgan fingerprint density at radius 1 is 1.10 bits per heavy atom. The smallest absolute Gasteiger partial charge is 0.345 e. The van der Waals surface area contributed by atoms with Crippen LogP contribution in [0, 0.1) is 11.6 Å². The Labute approximate surface area is 242 Å². The maximum absolute atomic E-state index is 14.2. The van der Waals surface area contributed by atoms with Crippen molar-refractivity contribution in [2.45, 2.75) is 44.9 Å². The largest absolute Gasteiger partial charge is 0.416 e. The Morgan fingerprint density at radius 3 is 2.43 bits per heavy atom. The van der Waals surface area contributed by atoms with Gasteiger partial charge in [0, 0.05) is 29.1 Å². The fourth-order valence-corrected chi connectivity index (χ4v) is 5.19. The van der Waals surface area contributed by atoms with Crippen LogP contribution in [0.3, 0.4) is 0 Å². The van der Waals surface area contributed by atoms with Gasteiger partial charge in [0.25, 0.3) is 11.8 Å². The van der Waals surface area contributed by atoms with E-state index in [2.05, 4.69) is 15.6 Å². The Hall–Kier alpha value is -3.84. The molecule has 0 aliphatic carbocycles. The van der Waals surface area contributed by atoms with Gasteiger partial charge in [-0.1, -0.05) is 18.5 Å². The Bertz CT molecular complexity index is 1540. The second-order valence-electron chi connectivity index (χ2n) is 10.2. The lowest BCUT2D eigenvalue weighted by Gasteiger charge is -2.19. The number of hydrogen-bond donors (Lipinski definition) is 2. The highest BCUT2D eigenvalue weighted by Crippen LogP contribution is 2.36. The van der Waals surface area contributed by atoms with Gasteiger partial charge in [-0.05, 0) is 68.9 Å². The zero-order valence-corrected chi connectivity index (χ0v) is 23.5. The molecule has 2 N–H and O–H groups in total. The zero-order valence-electron chi connectivity index (χ0n) is 22.8. The van der Waals surface area contributed by atoms with Crippen molar-refractivity contribution in [3.8, 4) is 0 Å². The van der Waals surface area contributed by atoms with Gasteiger partial charge in [0.15, 0.2) is 5.82 Å². The molecule has 2 heterocycles. The average molecular weight is 612 g/mol. The zero-order chi connectivity index (χ0) is 30.9. The molecule has 1 fully saturated rings. The van der Waals surface area contributed by atoms with Gasteiger partial charge in [0.05, 0.1) is 17.8 Å². The number of nitrogens with zero attached hydrogens (tertiary/aromatic N) is 3. The van der Waals surface area contributed by atoms with E-state index in [0.717, 1.165) is 18.7 Å². The van der Waals surface area contributed by atoms with E-state index < -0.39 is 52.5 Å². The molecule has 4 rings (SSSR count). The summed E-state index contributed by atoms with van der Waals surface area (Å²) in [7, 11) is 1.88. The Balaban J connectivity index is 1.84. The van der Waals surface area contributed by atoms with Crippen LogP contribution in [0.1, 0.15) is 64.0 Å². The second kappa shape index (κ2) is 12.2. The number of amides is 2. The highest BCUT2D eigenvalue weighted by molar-refractivity contribution is 6.31. The third-order valence-electron chi connectivity index (χ3n) is 6.87. The van der Waals surface area contributed by atoms with Crippen LogP contribution < -0.4 is 10.6 Å². The van der Waals surface area contributed by atoms with Gasteiger partial charge in [-0.3, -0.25) is 14.4 Å². The predicted octanol–water partition coefficient (Wildman–Crippen LogP) is 5.26. The number of carbonyl (C=O) groups is 3. The quantitative estimate of drug-likeness (QED) is 0.339. The van der Waals surface area contributed by atoms with Gasteiger partial charge in [-0.2, -0.15) is 13.2 Å². The van der Waals surface area contributed by atoms with E-state index >= 15 is 0 Å². The van der Waals surface area contributed by atoms with Crippen molar-refractivity contribution in [3.63, 3.8) is 0 Å².